The van der Waals surface area contributed by atoms with E-state index < -0.39 is 0 Å². The highest BCUT2D eigenvalue weighted by Gasteiger charge is 2.36. The molecule has 0 amide bonds. The summed E-state index contributed by atoms with van der Waals surface area (Å²) in [5.74, 6) is -0.305. The summed E-state index contributed by atoms with van der Waals surface area (Å²) in [4.78, 5) is 11.7. The van der Waals surface area contributed by atoms with Gasteiger partial charge in [-0.15, -0.1) is 0 Å². The topological polar surface area (TPSA) is 35.5 Å². The predicted molar refractivity (Wildman–Crippen MR) is 58.6 cm³/mol. The van der Waals surface area contributed by atoms with Crippen LogP contribution >= 0.6 is 0 Å². The van der Waals surface area contributed by atoms with Crippen LogP contribution < -0.4 is 0 Å². The lowest BCUT2D eigenvalue weighted by Gasteiger charge is -2.27. The van der Waals surface area contributed by atoms with Crippen molar-refractivity contribution in [3.05, 3.63) is 12.2 Å². The summed E-state index contributed by atoms with van der Waals surface area (Å²) in [6.07, 6.45) is 5.15. The number of carbonyl (C=O) groups is 1. The molecule has 0 aromatic rings. The molecule has 15 heavy (non-hydrogen) atoms. The average molecular weight is 212 g/mol. The molecule has 0 spiro atoms. The van der Waals surface area contributed by atoms with Crippen molar-refractivity contribution in [3.63, 3.8) is 0 Å². The fraction of sp³-hybridized carbons (Fsp3) is 0.750. The molecule has 86 valence electrons. The summed E-state index contributed by atoms with van der Waals surface area (Å²) in [5, 5.41) is 0. The first-order valence-electron chi connectivity index (χ1n) is 5.53. The zero-order chi connectivity index (χ0) is 11.3. The first-order valence-corrected chi connectivity index (χ1v) is 5.53. The Morgan fingerprint density at radius 3 is 2.47 bits per heavy atom. The number of hydrogen-bond donors (Lipinski definition) is 0. The number of carbonyl (C=O) groups excluding carboxylic acids is 1. The smallest absolute Gasteiger partial charge is 0.336 e. The van der Waals surface area contributed by atoms with Crippen LogP contribution in [0.2, 0.25) is 0 Å². The molecule has 1 aliphatic rings. The molecule has 0 radical (unpaired) electrons. The van der Waals surface area contributed by atoms with Gasteiger partial charge in [0.15, 0.2) is 0 Å². The van der Waals surface area contributed by atoms with E-state index >= 15 is 0 Å². The number of esters is 1. The van der Waals surface area contributed by atoms with Crippen LogP contribution in [0.3, 0.4) is 0 Å². The second kappa shape index (κ2) is 5.31. The van der Waals surface area contributed by atoms with Gasteiger partial charge in [0.2, 0.25) is 0 Å². The van der Waals surface area contributed by atoms with E-state index in [1.165, 1.54) is 0 Å². The van der Waals surface area contributed by atoms with Crippen molar-refractivity contribution in [1.29, 1.82) is 0 Å². The Bertz CT molecular complexity index is 239. The number of hydrogen-bond acceptors (Lipinski definition) is 3. The third kappa shape index (κ3) is 3.06. The largest absolute Gasteiger partial charge is 0.456 e. The van der Waals surface area contributed by atoms with Crippen LogP contribution in [0, 0.1) is 0 Å². The summed E-state index contributed by atoms with van der Waals surface area (Å²) in [5.41, 5.74) is 0.172. The van der Waals surface area contributed by atoms with Gasteiger partial charge in [-0.2, -0.15) is 0 Å². The van der Waals surface area contributed by atoms with Crippen LogP contribution in [0.15, 0.2) is 12.2 Å². The summed E-state index contributed by atoms with van der Waals surface area (Å²) in [6.45, 7) is 5.97. The summed E-state index contributed by atoms with van der Waals surface area (Å²) in [7, 11) is 1.55. The minimum absolute atomic E-state index is 0.228. The Morgan fingerprint density at radius 1 is 1.40 bits per heavy atom. The van der Waals surface area contributed by atoms with E-state index in [1.807, 2.05) is 0 Å². The zero-order valence-electron chi connectivity index (χ0n) is 9.67. The van der Waals surface area contributed by atoms with Crippen molar-refractivity contribution in [1.82, 2.24) is 0 Å². The number of ether oxygens (including phenoxy) is 2. The number of rotatable bonds is 5. The number of methoxy groups -OCH3 is 1. The van der Waals surface area contributed by atoms with Crippen LogP contribution in [0.4, 0.5) is 0 Å². The average Bonchev–Trinajstić information content (AvgIpc) is 2.67. The lowest BCUT2D eigenvalue weighted by atomic mass is 9.99. The van der Waals surface area contributed by atoms with Crippen LogP contribution in [0.5, 0.6) is 0 Å². The van der Waals surface area contributed by atoms with Gasteiger partial charge in [0.05, 0.1) is 12.2 Å². The summed E-state index contributed by atoms with van der Waals surface area (Å²) >= 11 is 0. The molecule has 0 atom stereocenters. The van der Waals surface area contributed by atoms with Crippen LogP contribution in [0.25, 0.3) is 0 Å². The fourth-order valence-corrected chi connectivity index (χ4v) is 2.05. The maximum Gasteiger partial charge on any atom is 0.336 e. The van der Waals surface area contributed by atoms with Gasteiger partial charge >= 0.3 is 5.97 Å². The van der Waals surface area contributed by atoms with Gasteiger partial charge in [0, 0.05) is 7.11 Å². The van der Waals surface area contributed by atoms with Crippen LogP contribution in [-0.2, 0) is 14.3 Å². The molecule has 0 saturated heterocycles. The molecule has 0 unspecified atom stereocenters. The summed E-state index contributed by atoms with van der Waals surface area (Å²) < 4.78 is 10.4. The van der Waals surface area contributed by atoms with Gasteiger partial charge in [-0.25, -0.2) is 4.79 Å². The van der Waals surface area contributed by atoms with E-state index in [2.05, 4.69) is 13.5 Å². The molecule has 0 aliphatic heterocycles. The molecule has 3 heteroatoms. The van der Waals surface area contributed by atoms with E-state index in [0.29, 0.717) is 5.57 Å². The van der Waals surface area contributed by atoms with E-state index in [1.54, 1.807) is 7.11 Å². The summed E-state index contributed by atoms with van der Waals surface area (Å²) in [6, 6.07) is 0. The van der Waals surface area contributed by atoms with Crippen molar-refractivity contribution in [2.24, 2.45) is 0 Å². The third-order valence-electron chi connectivity index (χ3n) is 3.08. The lowest BCUT2D eigenvalue weighted by molar-refractivity contribution is -0.155. The highest BCUT2D eigenvalue weighted by molar-refractivity contribution is 5.88. The van der Waals surface area contributed by atoms with Crippen molar-refractivity contribution in [2.75, 3.05) is 13.7 Å². The van der Waals surface area contributed by atoms with Gasteiger partial charge in [0.1, 0.15) is 5.60 Å². The molecule has 1 rings (SSSR count). The molecule has 0 N–H and O–H groups in total. The van der Waals surface area contributed by atoms with E-state index in [9.17, 15) is 4.79 Å². The molecule has 1 aliphatic carbocycles. The molecule has 0 bridgehead atoms. The van der Waals surface area contributed by atoms with Crippen molar-refractivity contribution in [2.45, 2.75) is 44.6 Å². The normalized spacial score (nSPS) is 18.8. The van der Waals surface area contributed by atoms with Crippen molar-refractivity contribution >= 4 is 5.97 Å². The molecule has 1 fully saturated rings. The van der Waals surface area contributed by atoms with E-state index in [-0.39, 0.29) is 18.2 Å². The van der Waals surface area contributed by atoms with Crippen LogP contribution in [-0.4, -0.2) is 25.3 Å². The predicted octanol–water partition coefficient (Wildman–Crippen LogP) is 2.46. The van der Waals surface area contributed by atoms with Gasteiger partial charge in [-0.3, -0.25) is 0 Å². The Morgan fingerprint density at radius 2 is 2.00 bits per heavy atom. The first kappa shape index (κ1) is 12.2. The minimum Gasteiger partial charge on any atom is -0.456 e. The van der Waals surface area contributed by atoms with Crippen LogP contribution in [0.1, 0.15) is 39.0 Å². The maximum absolute atomic E-state index is 11.7. The van der Waals surface area contributed by atoms with E-state index in [4.69, 9.17) is 9.47 Å². The van der Waals surface area contributed by atoms with Crippen molar-refractivity contribution in [3.8, 4) is 0 Å². The van der Waals surface area contributed by atoms with Gasteiger partial charge in [0.25, 0.3) is 0 Å². The second-order valence-electron chi connectivity index (χ2n) is 4.17. The van der Waals surface area contributed by atoms with Crippen molar-refractivity contribution < 1.29 is 14.3 Å². The van der Waals surface area contributed by atoms with E-state index in [0.717, 1.165) is 32.1 Å². The van der Waals surface area contributed by atoms with Gasteiger partial charge in [-0.1, -0.05) is 13.5 Å². The highest BCUT2D eigenvalue weighted by atomic mass is 16.6. The Kier molecular flexibility index (Phi) is 4.33. The Labute approximate surface area is 91.4 Å². The quantitative estimate of drug-likeness (QED) is 0.518. The SMILES string of the molecule is C=C(COC)C(=O)OC1(CC)CCCC1. The molecule has 3 nitrogen and oxygen atoms in total. The molecule has 0 heterocycles. The molecule has 0 aromatic carbocycles. The first-order chi connectivity index (χ1) is 7.13. The third-order valence-corrected chi connectivity index (χ3v) is 3.08. The van der Waals surface area contributed by atoms with Gasteiger partial charge < -0.3 is 9.47 Å². The molecule has 0 aromatic heterocycles. The van der Waals surface area contributed by atoms with Gasteiger partial charge in [-0.05, 0) is 32.1 Å². The maximum atomic E-state index is 11.7. The zero-order valence-corrected chi connectivity index (χ0v) is 9.67. The molecular formula is C12H20O3. The highest BCUT2D eigenvalue weighted by Crippen LogP contribution is 2.36. The minimum atomic E-state index is -0.305. The second-order valence-corrected chi connectivity index (χ2v) is 4.17. The standard InChI is InChI=1S/C12H20O3/c1-4-12(7-5-6-8-12)15-11(13)10(2)9-14-3/h2,4-9H2,1,3H3. The monoisotopic (exact) mass is 212 g/mol. The molecular weight excluding hydrogens is 192 g/mol. The Hall–Kier alpha value is -0.830. The Balaban J connectivity index is 2.51. The molecule has 1 saturated carbocycles. The lowest BCUT2D eigenvalue weighted by Crippen LogP contribution is -2.32. The fourth-order valence-electron chi connectivity index (χ4n) is 2.05.